The SMILES string of the molecule is O=C(C1Cc2cc(Cl)cc(-c3ccnc4[nH]ccc34)c2O1)N1CCC(c2ccc[nH]2)CC1.O=C(C1Cc2cc(Cl)cc(-c3ccnc4[nH]ccc34)c2O1)N1CCN(c2ccncc2)CC1. The van der Waals surface area contributed by atoms with Gasteiger partial charge in [-0.3, -0.25) is 14.6 Å². The number of piperidine rings is 1. The molecular formula is C50H45Cl2N9O4. The first kappa shape index (κ1) is 40.9. The molecule has 0 aliphatic carbocycles. The maximum Gasteiger partial charge on any atom is 0.264 e. The molecule has 4 aliphatic heterocycles. The lowest BCUT2D eigenvalue weighted by Crippen LogP contribution is -2.52. The summed E-state index contributed by atoms with van der Waals surface area (Å²) in [5, 5.41) is 3.27. The van der Waals surface area contributed by atoms with Crippen molar-refractivity contribution < 1.29 is 19.1 Å². The number of anilines is 1. The second-order valence-electron chi connectivity index (χ2n) is 16.9. The van der Waals surface area contributed by atoms with E-state index in [-0.39, 0.29) is 11.8 Å². The van der Waals surface area contributed by atoms with E-state index in [1.165, 1.54) is 5.69 Å². The van der Waals surface area contributed by atoms with Gasteiger partial charge < -0.3 is 39.1 Å². The molecule has 0 spiro atoms. The number of nitrogens with one attached hydrogen (secondary N) is 3. The molecule has 0 bridgehead atoms. The Kier molecular flexibility index (Phi) is 10.9. The van der Waals surface area contributed by atoms with Crippen LogP contribution in [0.2, 0.25) is 10.0 Å². The molecule has 10 heterocycles. The fraction of sp³-hybridized carbons (Fsp3) is 0.260. The van der Waals surface area contributed by atoms with Gasteiger partial charge in [0.05, 0.1) is 0 Å². The highest BCUT2D eigenvalue weighted by molar-refractivity contribution is 6.31. The number of hydrogen-bond acceptors (Lipinski definition) is 8. The van der Waals surface area contributed by atoms with Crippen LogP contribution in [0.3, 0.4) is 0 Å². The number of likely N-dealkylation sites (tertiary alicyclic amines) is 1. The van der Waals surface area contributed by atoms with Crippen LogP contribution in [-0.2, 0) is 22.4 Å². The monoisotopic (exact) mass is 905 g/mol. The Hall–Kier alpha value is -6.83. The lowest BCUT2D eigenvalue weighted by atomic mass is 9.93. The molecular weight excluding hydrogens is 862 g/mol. The van der Waals surface area contributed by atoms with E-state index >= 15 is 0 Å². The van der Waals surface area contributed by atoms with Gasteiger partial charge in [0, 0.05) is 156 Å². The molecule has 2 fully saturated rings. The maximum absolute atomic E-state index is 13.3. The number of ether oxygens (including phenoxy) is 2. The quantitative estimate of drug-likeness (QED) is 0.150. The van der Waals surface area contributed by atoms with E-state index in [2.05, 4.69) is 40.9 Å². The summed E-state index contributed by atoms with van der Waals surface area (Å²) in [6.45, 7) is 4.41. The topological polar surface area (TPSA) is 148 Å². The van der Waals surface area contributed by atoms with Crippen molar-refractivity contribution in [3.05, 3.63) is 143 Å². The summed E-state index contributed by atoms with van der Waals surface area (Å²) in [6.07, 6.45) is 14.8. The third-order valence-electron chi connectivity index (χ3n) is 13.1. The molecule has 13 nitrogen and oxygen atoms in total. The first-order valence-corrected chi connectivity index (χ1v) is 22.8. The molecule has 4 aliphatic rings. The van der Waals surface area contributed by atoms with Gasteiger partial charge in [-0.2, -0.15) is 0 Å². The Bertz CT molecular complexity index is 3030. The van der Waals surface area contributed by atoms with Gasteiger partial charge in [-0.05, 0) is 96.8 Å². The minimum absolute atomic E-state index is 0.0316. The predicted octanol–water partition coefficient (Wildman–Crippen LogP) is 8.85. The number of pyridine rings is 3. The van der Waals surface area contributed by atoms with Crippen LogP contribution < -0.4 is 14.4 Å². The molecule has 2 unspecified atom stereocenters. The first-order chi connectivity index (χ1) is 31.8. The van der Waals surface area contributed by atoms with Crippen LogP contribution in [0, 0.1) is 0 Å². The second-order valence-corrected chi connectivity index (χ2v) is 17.8. The van der Waals surface area contributed by atoms with Crippen molar-refractivity contribution in [2.45, 2.75) is 43.8 Å². The maximum atomic E-state index is 13.3. The van der Waals surface area contributed by atoms with Gasteiger partial charge >= 0.3 is 0 Å². The molecule has 8 aromatic rings. The Morgan fingerprint density at radius 3 is 1.65 bits per heavy atom. The average Bonchev–Trinajstić information content (AvgIpc) is 4.21. The number of amides is 2. The number of fused-ring (bicyclic) bond motifs is 4. The molecule has 328 valence electrons. The van der Waals surface area contributed by atoms with Crippen LogP contribution in [0.15, 0.2) is 116 Å². The Morgan fingerprint density at radius 1 is 0.585 bits per heavy atom. The van der Waals surface area contributed by atoms with Gasteiger partial charge in [0.2, 0.25) is 0 Å². The second kappa shape index (κ2) is 17.3. The minimum atomic E-state index is -0.534. The molecule has 6 aromatic heterocycles. The molecule has 2 atom stereocenters. The van der Waals surface area contributed by atoms with Crippen LogP contribution in [0.5, 0.6) is 11.5 Å². The van der Waals surface area contributed by atoms with Crippen molar-refractivity contribution in [1.82, 2.24) is 39.7 Å². The van der Waals surface area contributed by atoms with Gasteiger partial charge in [-0.1, -0.05) is 23.2 Å². The Morgan fingerprint density at radius 2 is 1.12 bits per heavy atom. The number of nitrogens with zero attached hydrogens (tertiary/aromatic N) is 6. The lowest BCUT2D eigenvalue weighted by Gasteiger charge is -2.36. The molecule has 0 radical (unpaired) electrons. The summed E-state index contributed by atoms with van der Waals surface area (Å²) < 4.78 is 12.6. The predicted molar refractivity (Wildman–Crippen MR) is 252 cm³/mol. The third-order valence-corrected chi connectivity index (χ3v) is 13.6. The highest BCUT2D eigenvalue weighted by Crippen LogP contribution is 2.45. The van der Waals surface area contributed by atoms with E-state index in [1.54, 1.807) is 24.8 Å². The van der Waals surface area contributed by atoms with E-state index in [1.807, 2.05) is 95.1 Å². The van der Waals surface area contributed by atoms with Crippen molar-refractivity contribution in [2.24, 2.45) is 0 Å². The zero-order chi connectivity index (χ0) is 44.0. The van der Waals surface area contributed by atoms with Crippen LogP contribution in [0.25, 0.3) is 44.3 Å². The standard InChI is InChI=1S/C25H22ClN5O2.C25H23ClN4O2/c26-17-13-16-14-22(25(32)31-11-9-30(10-12-31)18-1-5-27-6-2-18)33-23(16)21(15-17)19-3-7-28-24-20(19)4-8-29-24;26-17-12-16-13-22(25(31)30-10-5-15(6-11-30)21-2-1-7-27-21)32-23(16)20(14-17)18-3-8-28-24-19(18)4-9-29-24/h1-8,13,15,22H,9-12,14H2,(H,28,29);1-4,7-9,12,14-15,22,27H,5-6,10-11,13H2,(H,28,29). The first-order valence-electron chi connectivity index (χ1n) is 22.0. The average molecular weight is 907 g/mol. The summed E-state index contributed by atoms with van der Waals surface area (Å²) in [5.41, 5.74) is 9.73. The molecule has 0 saturated carbocycles. The number of aromatic nitrogens is 6. The van der Waals surface area contributed by atoms with Gasteiger partial charge in [0.25, 0.3) is 11.8 Å². The van der Waals surface area contributed by atoms with Crippen molar-refractivity contribution in [3.8, 4) is 33.8 Å². The molecule has 2 aromatic carbocycles. The van der Waals surface area contributed by atoms with E-state index in [4.69, 9.17) is 32.7 Å². The van der Waals surface area contributed by atoms with Gasteiger partial charge in [0.1, 0.15) is 22.8 Å². The highest BCUT2D eigenvalue weighted by atomic mass is 35.5. The summed E-state index contributed by atoms with van der Waals surface area (Å²) in [7, 11) is 0. The molecule has 15 heteroatoms. The number of rotatable bonds is 6. The van der Waals surface area contributed by atoms with E-state index in [0.717, 1.165) is 112 Å². The molecule has 3 N–H and O–H groups in total. The minimum Gasteiger partial charge on any atom is -0.479 e. The Balaban J connectivity index is 0.000000144. The summed E-state index contributed by atoms with van der Waals surface area (Å²) in [6, 6.07) is 23.7. The summed E-state index contributed by atoms with van der Waals surface area (Å²) >= 11 is 12.9. The van der Waals surface area contributed by atoms with E-state index in [9.17, 15) is 9.59 Å². The number of benzene rings is 2. The van der Waals surface area contributed by atoms with Crippen LogP contribution in [0.1, 0.15) is 35.6 Å². The zero-order valence-corrected chi connectivity index (χ0v) is 36.9. The van der Waals surface area contributed by atoms with Crippen molar-refractivity contribution in [1.29, 1.82) is 0 Å². The van der Waals surface area contributed by atoms with Gasteiger partial charge in [0.15, 0.2) is 12.2 Å². The third kappa shape index (κ3) is 7.93. The van der Waals surface area contributed by atoms with Crippen LogP contribution >= 0.6 is 23.2 Å². The molecule has 2 saturated heterocycles. The largest absolute Gasteiger partial charge is 0.479 e. The van der Waals surface area contributed by atoms with Crippen LogP contribution in [-0.4, -0.2) is 103 Å². The summed E-state index contributed by atoms with van der Waals surface area (Å²) in [4.78, 5) is 55.2. The summed E-state index contributed by atoms with van der Waals surface area (Å²) in [5.74, 6) is 2.07. The van der Waals surface area contributed by atoms with E-state index < -0.39 is 12.2 Å². The molecule has 65 heavy (non-hydrogen) atoms. The normalized spacial score (nSPS) is 18.2. The van der Waals surface area contributed by atoms with Gasteiger partial charge in [-0.25, -0.2) is 9.97 Å². The molecule has 2 amide bonds. The van der Waals surface area contributed by atoms with Gasteiger partial charge in [-0.15, -0.1) is 0 Å². The van der Waals surface area contributed by atoms with E-state index in [0.29, 0.717) is 41.9 Å². The Labute approximate surface area is 384 Å². The fourth-order valence-corrected chi connectivity index (χ4v) is 10.4. The number of carbonyl (C=O) groups excluding carboxylic acids is 2. The van der Waals surface area contributed by atoms with Crippen molar-refractivity contribution in [2.75, 3.05) is 44.2 Å². The number of hydrogen-bond donors (Lipinski definition) is 3. The number of halogens is 2. The molecule has 12 rings (SSSR count). The number of aromatic amines is 3. The highest BCUT2D eigenvalue weighted by Gasteiger charge is 2.38. The lowest BCUT2D eigenvalue weighted by molar-refractivity contribution is -0.139. The van der Waals surface area contributed by atoms with Crippen LogP contribution in [0.4, 0.5) is 5.69 Å². The van der Waals surface area contributed by atoms with Crippen molar-refractivity contribution >= 4 is 62.8 Å². The zero-order valence-electron chi connectivity index (χ0n) is 35.3. The smallest absolute Gasteiger partial charge is 0.264 e. The number of carbonyl (C=O) groups is 2. The number of piperazine rings is 1. The van der Waals surface area contributed by atoms with Crippen molar-refractivity contribution in [3.63, 3.8) is 0 Å². The fourth-order valence-electron chi connectivity index (χ4n) is 9.87. The number of H-pyrrole nitrogens is 3.